The molecule has 0 amide bonds. The predicted molar refractivity (Wildman–Crippen MR) is 42.7 cm³/mol. The third-order valence-corrected chi connectivity index (χ3v) is 3.45. The normalized spacial score (nSPS) is 45.8. The van der Waals surface area contributed by atoms with E-state index in [0.29, 0.717) is 12.0 Å². The summed E-state index contributed by atoms with van der Waals surface area (Å²) in [5.41, 5.74) is 0. The summed E-state index contributed by atoms with van der Waals surface area (Å²) in [6.45, 7) is 1.06. The topological polar surface area (TPSA) is 40.5 Å². The predicted octanol–water partition coefficient (Wildman–Crippen LogP) is 0.554. The molecule has 0 radical (unpaired) electrons. The monoisotopic (exact) mass is 167 g/mol. The molecule has 3 unspecified atom stereocenters. The number of likely N-dealkylation sites (tertiary alicyclic amines) is 1. The smallest absolute Gasteiger partial charge is 0.321 e. The molecule has 0 aromatic rings. The minimum absolute atomic E-state index is 0.123. The van der Waals surface area contributed by atoms with Crippen LogP contribution < -0.4 is 0 Å². The molecule has 1 heterocycles. The molecule has 0 aromatic carbocycles. The summed E-state index contributed by atoms with van der Waals surface area (Å²) in [5, 5.41) is 9.02. The summed E-state index contributed by atoms with van der Waals surface area (Å²) in [6, 6.07) is 0.501. The summed E-state index contributed by atoms with van der Waals surface area (Å²) in [4.78, 5) is 13.2. The molecule has 3 heteroatoms. The highest BCUT2D eigenvalue weighted by Crippen LogP contribution is 2.52. The number of carbonyl (C=O) groups is 1. The molecule has 0 spiro atoms. The third-order valence-electron chi connectivity index (χ3n) is 3.45. The van der Waals surface area contributed by atoms with Gasteiger partial charge in [0.1, 0.15) is 6.04 Å². The van der Waals surface area contributed by atoms with E-state index in [1.165, 1.54) is 19.3 Å². The first-order valence-electron chi connectivity index (χ1n) is 4.76. The van der Waals surface area contributed by atoms with Crippen LogP contribution in [0.15, 0.2) is 0 Å². The van der Waals surface area contributed by atoms with Gasteiger partial charge in [-0.25, -0.2) is 0 Å². The molecule has 3 aliphatic rings. The Kier molecular flexibility index (Phi) is 1.16. The average molecular weight is 167 g/mol. The molecule has 2 saturated carbocycles. The van der Waals surface area contributed by atoms with Gasteiger partial charge < -0.3 is 5.11 Å². The highest BCUT2D eigenvalue weighted by atomic mass is 16.4. The van der Waals surface area contributed by atoms with Gasteiger partial charge >= 0.3 is 5.97 Å². The number of hydrogen-bond acceptors (Lipinski definition) is 2. The van der Waals surface area contributed by atoms with Crippen LogP contribution in [0.2, 0.25) is 0 Å². The number of aliphatic carboxylic acids is 1. The van der Waals surface area contributed by atoms with Crippen molar-refractivity contribution in [2.24, 2.45) is 11.8 Å². The van der Waals surface area contributed by atoms with Crippen molar-refractivity contribution in [2.75, 3.05) is 6.54 Å². The molecule has 0 bridgehead atoms. The Morgan fingerprint density at radius 3 is 2.75 bits per heavy atom. The number of nitrogens with zero attached hydrogens (tertiary/aromatic N) is 1. The van der Waals surface area contributed by atoms with Gasteiger partial charge in [-0.3, -0.25) is 9.69 Å². The second-order valence-corrected chi connectivity index (χ2v) is 4.37. The fourth-order valence-electron chi connectivity index (χ4n) is 2.61. The molecule has 3 atom stereocenters. The number of fused-ring (bicyclic) bond motifs is 1. The van der Waals surface area contributed by atoms with E-state index in [1.807, 2.05) is 0 Å². The van der Waals surface area contributed by atoms with Crippen LogP contribution in [0.3, 0.4) is 0 Å². The lowest BCUT2D eigenvalue weighted by molar-refractivity contribution is -0.143. The molecule has 1 saturated heterocycles. The van der Waals surface area contributed by atoms with Gasteiger partial charge in [0.15, 0.2) is 0 Å². The van der Waals surface area contributed by atoms with Gasteiger partial charge in [-0.1, -0.05) is 0 Å². The van der Waals surface area contributed by atoms with Crippen LogP contribution in [0.1, 0.15) is 19.3 Å². The zero-order valence-corrected chi connectivity index (χ0v) is 6.94. The van der Waals surface area contributed by atoms with Crippen LogP contribution in [0.25, 0.3) is 0 Å². The van der Waals surface area contributed by atoms with Crippen LogP contribution >= 0.6 is 0 Å². The van der Waals surface area contributed by atoms with Crippen LogP contribution in [0.5, 0.6) is 0 Å². The van der Waals surface area contributed by atoms with Gasteiger partial charge in [0.05, 0.1) is 0 Å². The van der Waals surface area contributed by atoms with Crippen molar-refractivity contribution in [3.63, 3.8) is 0 Å². The van der Waals surface area contributed by atoms with E-state index in [4.69, 9.17) is 5.11 Å². The maximum absolute atomic E-state index is 10.9. The number of carboxylic acid groups (broad SMARTS) is 1. The lowest BCUT2D eigenvalue weighted by atomic mass is 10.2. The van der Waals surface area contributed by atoms with E-state index in [-0.39, 0.29) is 6.04 Å². The summed E-state index contributed by atoms with van der Waals surface area (Å²) in [6.07, 6.45) is 3.62. The molecular weight excluding hydrogens is 154 g/mol. The van der Waals surface area contributed by atoms with Crippen molar-refractivity contribution >= 4 is 5.97 Å². The van der Waals surface area contributed by atoms with Crippen molar-refractivity contribution < 1.29 is 9.90 Å². The van der Waals surface area contributed by atoms with Gasteiger partial charge in [-0.15, -0.1) is 0 Å². The number of carboxylic acids is 1. The minimum Gasteiger partial charge on any atom is -0.480 e. The molecule has 1 aliphatic heterocycles. The highest BCUT2D eigenvalue weighted by Gasteiger charge is 2.58. The first-order valence-corrected chi connectivity index (χ1v) is 4.76. The molecule has 3 fully saturated rings. The minimum atomic E-state index is -0.591. The fraction of sp³-hybridized carbons (Fsp3) is 0.889. The van der Waals surface area contributed by atoms with Crippen molar-refractivity contribution in [3.8, 4) is 0 Å². The quantitative estimate of drug-likeness (QED) is 0.653. The first kappa shape index (κ1) is 6.89. The zero-order valence-electron chi connectivity index (χ0n) is 6.94. The Hall–Kier alpha value is -0.570. The molecule has 3 rings (SSSR count). The van der Waals surface area contributed by atoms with Crippen LogP contribution in [0, 0.1) is 11.8 Å². The molecule has 66 valence electrons. The van der Waals surface area contributed by atoms with E-state index in [9.17, 15) is 4.79 Å². The van der Waals surface area contributed by atoms with E-state index in [0.717, 1.165) is 12.5 Å². The van der Waals surface area contributed by atoms with E-state index >= 15 is 0 Å². The molecule has 0 aromatic heterocycles. The van der Waals surface area contributed by atoms with E-state index < -0.39 is 5.97 Å². The van der Waals surface area contributed by atoms with Gasteiger partial charge in [0, 0.05) is 12.6 Å². The average Bonchev–Trinajstić information content (AvgIpc) is 2.88. The van der Waals surface area contributed by atoms with E-state index in [1.54, 1.807) is 0 Å². The summed E-state index contributed by atoms with van der Waals surface area (Å²) in [5.74, 6) is 0.640. The second-order valence-electron chi connectivity index (χ2n) is 4.37. The molecule has 1 N–H and O–H groups in total. The van der Waals surface area contributed by atoms with Crippen LogP contribution in [-0.4, -0.2) is 34.6 Å². The van der Waals surface area contributed by atoms with Crippen molar-refractivity contribution in [1.29, 1.82) is 0 Å². The zero-order chi connectivity index (χ0) is 8.29. The van der Waals surface area contributed by atoms with Crippen molar-refractivity contribution in [2.45, 2.75) is 31.3 Å². The van der Waals surface area contributed by atoms with Gasteiger partial charge in [-0.2, -0.15) is 0 Å². The Labute approximate surface area is 71.4 Å². The molecular formula is C9H13NO2. The van der Waals surface area contributed by atoms with Crippen molar-refractivity contribution in [1.82, 2.24) is 4.90 Å². The van der Waals surface area contributed by atoms with E-state index in [2.05, 4.69) is 4.90 Å². The van der Waals surface area contributed by atoms with Crippen LogP contribution in [0.4, 0.5) is 0 Å². The Morgan fingerprint density at radius 2 is 2.17 bits per heavy atom. The Balaban J connectivity index is 1.80. The number of piperidine rings is 1. The van der Waals surface area contributed by atoms with Crippen LogP contribution in [-0.2, 0) is 4.79 Å². The fourth-order valence-corrected chi connectivity index (χ4v) is 2.61. The molecule has 3 nitrogen and oxygen atoms in total. The standard InChI is InChI=1S/C9H13NO2/c11-9(12)8-7-3-5(7)4-10(8)6-1-2-6/h5-8H,1-4H2,(H,11,12). The van der Waals surface area contributed by atoms with Gasteiger partial charge in [0.25, 0.3) is 0 Å². The lowest BCUT2D eigenvalue weighted by Gasteiger charge is -2.23. The Morgan fingerprint density at radius 1 is 1.42 bits per heavy atom. The second kappa shape index (κ2) is 2.02. The summed E-state index contributed by atoms with van der Waals surface area (Å²) >= 11 is 0. The number of hydrogen-bond donors (Lipinski definition) is 1. The Bertz CT molecular complexity index is 237. The molecule has 12 heavy (non-hydrogen) atoms. The maximum atomic E-state index is 10.9. The maximum Gasteiger partial charge on any atom is 0.321 e. The van der Waals surface area contributed by atoms with Crippen molar-refractivity contribution in [3.05, 3.63) is 0 Å². The third kappa shape index (κ3) is 0.829. The largest absolute Gasteiger partial charge is 0.480 e. The SMILES string of the molecule is O=C(O)C1C2CC2CN1C1CC1. The van der Waals surface area contributed by atoms with Gasteiger partial charge in [0.2, 0.25) is 0 Å². The highest BCUT2D eigenvalue weighted by molar-refractivity contribution is 5.75. The summed E-state index contributed by atoms with van der Waals surface area (Å²) < 4.78 is 0. The number of rotatable bonds is 2. The van der Waals surface area contributed by atoms with Gasteiger partial charge in [-0.05, 0) is 31.1 Å². The summed E-state index contributed by atoms with van der Waals surface area (Å²) in [7, 11) is 0. The molecule has 2 aliphatic carbocycles. The lowest BCUT2D eigenvalue weighted by Crippen LogP contribution is -2.40. The first-order chi connectivity index (χ1) is 5.77.